The number of sulfonamides is 1. The van der Waals surface area contributed by atoms with Crippen LogP contribution in [0.1, 0.15) is 23.0 Å². The molecule has 0 atom stereocenters. The van der Waals surface area contributed by atoms with E-state index in [1.165, 1.54) is 19.1 Å². The van der Waals surface area contributed by atoms with E-state index in [1.54, 1.807) is 31.2 Å². The summed E-state index contributed by atoms with van der Waals surface area (Å²) < 4.78 is 41.0. The van der Waals surface area contributed by atoms with Crippen molar-refractivity contribution in [1.82, 2.24) is 9.78 Å². The summed E-state index contributed by atoms with van der Waals surface area (Å²) >= 11 is 0. The SMILES string of the molecule is CCS(=O)(=O)Nc1cccc(-c2cc(=O)n(-c3ccc(C(=O)O)c(F)c3)nc2C)c1. The van der Waals surface area contributed by atoms with Gasteiger partial charge in [-0.1, -0.05) is 12.1 Å². The molecule has 1 aromatic heterocycles. The number of aromatic nitrogens is 2. The van der Waals surface area contributed by atoms with Crippen LogP contribution in [-0.4, -0.2) is 35.0 Å². The quantitative estimate of drug-likeness (QED) is 0.620. The number of halogens is 1. The van der Waals surface area contributed by atoms with Gasteiger partial charge in [0.05, 0.1) is 22.7 Å². The molecule has 0 aliphatic heterocycles. The van der Waals surface area contributed by atoms with Gasteiger partial charge in [0.1, 0.15) is 5.82 Å². The molecule has 0 spiro atoms. The van der Waals surface area contributed by atoms with Crippen molar-refractivity contribution in [2.45, 2.75) is 13.8 Å². The lowest BCUT2D eigenvalue weighted by Crippen LogP contribution is -2.22. The molecule has 10 heteroatoms. The Hall–Kier alpha value is -3.53. The van der Waals surface area contributed by atoms with Gasteiger partial charge in [0.2, 0.25) is 10.0 Å². The van der Waals surface area contributed by atoms with Crippen LogP contribution in [0.15, 0.2) is 53.3 Å². The minimum atomic E-state index is -3.46. The molecule has 0 aliphatic rings. The second-order valence-corrected chi connectivity index (χ2v) is 8.46. The summed E-state index contributed by atoms with van der Waals surface area (Å²) in [5.74, 6) is -2.47. The Morgan fingerprint density at radius 1 is 1.20 bits per heavy atom. The van der Waals surface area contributed by atoms with Crippen molar-refractivity contribution in [3.63, 3.8) is 0 Å². The summed E-state index contributed by atoms with van der Waals surface area (Å²) in [6.07, 6.45) is 0. The number of hydrogen-bond donors (Lipinski definition) is 2. The summed E-state index contributed by atoms with van der Waals surface area (Å²) in [4.78, 5) is 23.6. The number of anilines is 1. The molecule has 0 aliphatic carbocycles. The molecule has 0 radical (unpaired) electrons. The van der Waals surface area contributed by atoms with Gasteiger partial charge < -0.3 is 5.11 Å². The van der Waals surface area contributed by atoms with Crippen LogP contribution in [0, 0.1) is 12.7 Å². The first-order valence-electron chi connectivity index (χ1n) is 8.86. The molecule has 3 rings (SSSR count). The molecule has 0 saturated heterocycles. The number of benzene rings is 2. The van der Waals surface area contributed by atoms with Crippen LogP contribution >= 0.6 is 0 Å². The summed E-state index contributed by atoms with van der Waals surface area (Å²) in [6.45, 7) is 3.17. The molecule has 2 aromatic carbocycles. The third-order valence-corrected chi connectivity index (χ3v) is 5.68. The maximum absolute atomic E-state index is 14.0. The van der Waals surface area contributed by atoms with Crippen LogP contribution in [0.25, 0.3) is 16.8 Å². The molecule has 3 aromatic rings. The Labute approximate surface area is 171 Å². The van der Waals surface area contributed by atoms with E-state index in [0.717, 1.165) is 16.8 Å². The van der Waals surface area contributed by atoms with Gasteiger partial charge in [-0.2, -0.15) is 9.78 Å². The standard InChI is InChI=1S/C20H18FN3O5S/c1-3-30(28,29)23-14-6-4-5-13(9-14)17-11-19(25)24(22-12(17)2)15-7-8-16(20(26)27)18(21)10-15/h4-11,23H,3H2,1-2H3,(H,26,27). The van der Waals surface area contributed by atoms with Crippen LogP contribution in [-0.2, 0) is 10.0 Å². The van der Waals surface area contributed by atoms with Crippen molar-refractivity contribution in [3.8, 4) is 16.8 Å². The van der Waals surface area contributed by atoms with Crippen molar-refractivity contribution < 1.29 is 22.7 Å². The van der Waals surface area contributed by atoms with Gasteiger partial charge in [-0.3, -0.25) is 9.52 Å². The number of nitrogens with zero attached hydrogens (tertiary/aromatic N) is 2. The molecular formula is C20H18FN3O5S. The van der Waals surface area contributed by atoms with E-state index >= 15 is 0 Å². The van der Waals surface area contributed by atoms with Crippen LogP contribution in [0.4, 0.5) is 10.1 Å². The first-order valence-corrected chi connectivity index (χ1v) is 10.5. The Bertz CT molecular complexity index is 1300. The van der Waals surface area contributed by atoms with Gasteiger partial charge in [-0.25, -0.2) is 17.6 Å². The highest BCUT2D eigenvalue weighted by molar-refractivity contribution is 7.92. The number of carboxylic acid groups (broad SMARTS) is 1. The van der Waals surface area contributed by atoms with Gasteiger partial charge in [0.25, 0.3) is 5.56 Å². The minimum Gasteiger partial charge on any atom is -0.478 e. The molecule has 8 nitrogen and oxygen atoms in total. The first kappa shape index (κ1) is 21.2. The van der Waals surface area contributed by atoms with E-state index in [1.807, 2.05) is 0 Å². The maximum atomic E-state index is 14.0. The monoisotopic (exact) mass is 431 g/mol. The second kappa shape index (κ2) is 8.07. The third kappa shape index (κ3) is 4.38. The molecule has 2 N–H and O–H groups in total. The number of hydrogen-bond acceptors (Lipinski definition) is 5. The lowest BCUT2D eigenvalue weighted by molar-refractivity contribution is 0.0692. The predicted molar refractivity (Wildman–Crippen MR) is 110 cm³/mol. The van der Waals surface area contributed by atoms with Crippen molar-refractivity contribution in [2.24, 2.45) is 0 Å². The number of aromatic carboxylic acids is 1. The highest BCUT2D eigenvalue weighted by Gasteiger charge is 2.15. The molecule has 1 heterocycles. The van der Waals surface area contributed by atoms with E-state index in [0.29, 0.717) is 22.5 Å². The average Bonchev–Trinajstić information content (AvgIpc) is 2.69. The fourth-order valence-corrected chi connectivity index (χ4v) is 3.46. The zero-order valence-corrected chi connectivity index (χ0v) is 16.9. The lowest BCUT2D eigenvalue weighted by Gasteiger charge is -2.12. The molecule has 156 valence electrons. The summed E-state index contributed by atoms with van der Waals surface area (Å²) in [5.41, 5.74) is 0.868. The molecule has 0 saturated carbocycles. The van der Waals surface area contributed by atoms with Crippen molar-refractivity contribution in [3.05, 3.63) is 76.0 Å². The van der Waals surface area contributed by atoms with Gasteiger partial charge in [0.15, 0.2) is 0 Å². The highest BCUT2D eigenvalue weighted by Crippen LogP contribution is 2.24. The highest BCUT2D eigenvalue weighted by atomic mass is 32.2. The Kier molecular flexibility index (Phi) is 5.70. The minimum absolute atomic E-state index is 0.0783. The lowest BCUT2D eigenvalue weighted by atomic mass is 10.0. The fourth-order valence-electron chi connectivity index (χ4n) is 2.83. The third-order valence-electron chi connectivity index (χ3n) is 4.37. The smallest absolute Gasteiger partial charge is 0.338 e. The van der Waals surface area contributed by atoms with Crippen LogP contribution < -0.4 is 10.3 Å². The average molecular weight is 431 g/mol. The topological polar surface area (TPSA) is 118 Å². The van der Waals surface area contributed by atoms with E-state index in [2.05, 4.69) is 9.82 Å². The van der Waals surface area contributed by atoms with E-state index < -0.39 is 32.9 Å². The van der Waals surface area contributed by atoms with Gasteiger partial charge in [-0.05, 0) is 43.7 Å². The summed E-state index contributed by atoms with van der Waals surface area (Å²) in [7, 11) is -3.46. The van der Waals surface area contributed by atoms with Gasteiger partial charge in [-0.15, -0.1) is 0 Å². The molecule has 0 unspecified atom stereocenters. The Balaban J connectivity index is 2.03. The summed E-state index contributed by atoms with van der Waals surface area (Å²) in [6, 6.07) is 11.1. The van der Waals surface area contributed by atoms with Crippen LogP contribution in [0.5, 0.6) is 0 Å². The summed E-state index contributed by atoms with van der Waals surface area (Å²) in [5, 5.41) is 13.1. The Morgan fingerprint density at radius 2 is 1.93 bits per heavy atom. The molecular weight excluding hydrogens is 413 g/mol. The zero-order chi connectivity index (χ0) is 22.1. The van der Waals surface area contributed by atoms with Crippen LogP contribution in [0.2, 0.25) is 0 Å². The second-order valence-electron chi connectivity index (χ2n) is 6.45. The Morgan fingerprint density at radius 3 is 2.57 bits per heavy atom. The normalized spacial score (nSPS) is 11.3. The largest absolute Gasteiger partial charge is 0.478 e. The predicted octanol–water partition coefficient (Wildman–Crippen LogP) is 2.81. The zero-order valence-electron chi connectivity index (χ0n) is 16.1. The number of rotatable bonds is 6. The van der Waals surface area contributed by atoms with Gasteiger partial charge in [0, 0.05) is 23.4 Å². The van der Waals surface area contributed by atoms with Gasteiger partial charge >= 0.3 is 5.97 Å². The maximum Gasteiger partial charge on any atom is 0.338 e. The number of carbonyl (C=O) groups is 1. The molecule has 0 fully saturated rings. The van der Waals surface area contributed by atoms with Crippen LogP contribution in [0.3, 0.4) is 0 Å². The molecule has 0 bridgehead atoms. The van der Waals surface area contributed by atoms with E-state index in [-0.39, 0.29) is 11.4 Å². The van der Waals surface area contributed by atoms with Crippen molar-refractivity contribution >= 4 is 21.7 Å². The number of aryl methyl sites for hydroxylation is 1. The fraction of sp³-hybridized carbons (Fsp3) is 0.150. The molecule has 30 heavy (non-hydrogen) atoms. The van der Waals surface area contributed by atoms with Crippen molar-refractivity contribution in [2.75, 3.05) is 10.5 Å². The molecule has 0 amide bonds. The van der Waals surface area contributed by atoms with E-state index in [4.69, 9.17) is 5.11 Å². The first-order chi connectivity index (χ1) is 14.1. The van der Waals surface area contributed by atoms with Crippen molar-refractivity contribution in [1.29, 1.82) is 0 Å². The number of nitrogens with one attached hydrogen (secondary N) is 1. The van der Waals surface area contributed by atoms with E-state index in [9.17, 15) is 22.4 Å². The number of carboxylic acids is 1.